The van der Waals surface area contributed by atoms with Crippen LogP contribution in [0.15, 0.2) is 48.2 Å². The number of benzene rings is 2. The molecule has 1 aliphatic heterocycles. The fourth-order valence-electron chi connectivity index (χ4n) is 2.49. The number of halogens is 2. The van der Waals surface area contributed by atoms with E-state index in [9.17, 15) is 4.79 Å². The average molecular weight is 407 g/mol. The van der Waals surface area contributed by atoms with Crippen LogP contribution in [0.3, 0.4) is 0 Å². The molecule has 1 heterocycles. The minimum absolute atomic E-state index is 0.142. The molecule has 2 aromatic rings. The largest absolute Gasteiger partial charge is 0.487 e. The van der Waals surface area contributed by atoms with Gasteiger partial charge in [-0.1, -0.05) is 41.4 Å². The lowest BCUT2D eigenvalue weighted by molar-refractivity contribution is -0.122. The zero-order valence-corrected chi connectivity index (χ0v) is 16.3. The molecule has 0 radical (unpaired) electrons. The van der Waals surface area contributed by atoms with Crippen LogP contribution >= 0.6 is 35.4 Å². The molecule has 0 saturated carbocycles. The monoisotopic (exact) mass is 406 g/mol. The molecule has 1 aliphatic rings. The van der Waals surface area contributed by atoms with Crippen molar-refractivity contribution < 1.29 is 9.53 Å². The van der Waals surface area contributed by atoms with Crippen molar-refractivity contribution in [1.29, 1.82) is 0 Å². The number of likely N-dealkylation sites (N-methyl/N-ethyl adjacent to an activating group) is 1. The molecule has 3 rings (SSSR count). The Morgan fingerprint density at radius 2 is 1.92 bits per heavy atom. The first-order chi connectivity index (χ1) is 12.5. The van der Waals surface area contributed by atoms with Crippen molar-refractivity contribution in [3.63, 3.8) is 0 Å². The van der Waals surface area contributed by atoms with Crippen LogP contribution in [0.25, 0.3) is 6.08 Å². The van der Waals surface area contributed by atoms with Gasteiger partial charge >= 0.3 is 0 Å². The van der Waals surface area contributed by atoms with Crippen LogP contribution in [-0.4, -0.2) is 22.5 Å². The van der Waals surface area contributed by atoms with Gasteiger partial charge in [0.1, 0.15) is 18.1 Å². The Morgan fingerprint density at radius 3 is 2.54 bits per heavy atom. The van der Waals surface area contributed by atoms with E-state index >= 15 is 0 Å². The smallest absolute Gasteiger partial charge is 0.276 e. The molecule has 0 bridgehead atoms. The van der Waals surface area contributed by atoms with Crippen molar-refractivity contribution in [2.75, 3.05) is 6.54 Å². The van der Waals surface area contributed by atoms with Crippen molar-refractivity contribution in [2.24, 2.45) is 0 Å². The molecule has 0 atom stereocenters. The summed E-state index contributed by atoms with van der Waals surface area (Å²) in [5, 5.41) is 4.48. The molecule has 1 N–H and O–H groups in total. The van der Waals surface area contributed by atoms with Gasteiger partial charge in [-0.25, -0.2) is 0 Å². The number of ether oxygens (including phenoxy) is 1. The SMILES string of the molecule is CCN1C(=O)/C(=C/c2ccc(OCc3ccc(Cl)cc3)c(Cl)c2)NC1=S. The molecule has 7 heteroatoms. The summed E-state index contributed by atoms with van der Waals surface area (Å²) in [6, 6.07) is 12.8. The van der Waals surface area contributed by atoms with E-state index < -0.39 is 0 Å². The molecule has 1 saturated heterocycles. The van der Waals surface area contributed by atoms with Gasteiger partial charge < -0.3 is 10.1 Å². The van der Waals surface area contributed by atoms with Gasteiger partial charge in [0, 0.05) is 11.6 Å². The molecule has 0 aromatic heterocycles. The molecular formula is C19H16Cl2N2O2S. The van der Waals surface area contributed by atoms with E-state index in [1.165, 1.54) is 4.90 Å². The highest BCUT2D eigenvalue weighted by Crippen LogP contribution is 2.28. The summed E-state index contributed by atoms with van der Waals surface area (Å²) in [5.41, 5.74) is 2.21. The predicted molar refractivity (Wildman–Crippen MR) is 108 cm³/mol. The van der Waals surface area contributed by atoms with E-state index in [1.54, 1.807) is 18.2 Å². The van der Waals surface area contributed by atoms with E-state index in [4.69, 9.17) is 40.2 Å². The highest BCUT2D eigenvalue weighted by Gasteiger charge is 2.28. The van der Waals surface area contributed by atoms with Crippen molar-refractivity contribution in [1.82, 2.24) is 10.2 Å². The van der Waals surface area contributed by atoms with Gasteiger partial charge in [0.25, 0.3) is 5.91 Å². The van der Waals surface area contributed by atoms with Crippen LogP contribution in [-0.2, 0) is 11.4 Å². The van der Waals surface area contributed by atoms with Crippen LogP contribution < -0.4 is 10.1 Å². The summed E-state index contributed by atoms with van der Waals surface area (Å²) in [6.45, 7) is 2.79. The summed E-state index contributed by atoms with van der Waals surface area (Å²) in [5.74, 6) is 0.428. The summed E-state index contributed by atoms with van der Waals surface area (Å²) in [6.07, 6.45) is 1.72. The Balaban J connectivity index is 1.71. The van der Waals surface area contributed by atoms with E-state index in [1.807, 2.05) is 37.3 Å². The molecule has 134 valence electrons. The van der Waals surface area contributed by atoms with Gasteiger partial charge in [-0.05, 0) is 60.6 Å². The second-order valence-corrected chi connectivity index (χ2v) is 6.87. The number of carbonyl (C=O) groups is 1. The van der Waals surface area contributed by atoms with Gasteiger partial charge in [0.2, 0.25) is 0 Å². The fraction of sp³-hybridized carbons (Fsp3) is 0.158. The predicted octanol–water partition coefficient (Wildman–Crippen LogP) is 4.65. The number of hydrogen-bond acceptors (Lipinski definition) is 3. The minimum atomic E-state index is -0.142. The first-order valence-corrected chi connectivity index (χ1v) is 9.15. The van der Waals surface area contributed by atoms with Crippen molar-refractivity contribution in [3.8, 4) is 5.75 Å². The zero-order valence-electron chi connectivity index (χ0n) is 14.0. The van der Waals surface area contributed by atoms with E-state index in [-0.39, 0.29) is 5.91 Å². The third-order valence-electron chi connectivity index (χ3n) is 3.85. The van der Waals surface area contributed by atoms with Crippen LogP contribution in [0.4, 0.5) is 0 Å². The Bertz CT molecular complexity index is 882. The molecule has 0 spiro atoms. The Morgan fingerprint density at radius 1 is 1.19 bits per heavy atom. The van der Waals surface area contributed by atoms with E-state index in [0.29, 0.717) is 39.8 Å². The van der Waals surface area contributed by atoms with Gasteiger partial charge in [0.05, 0.1) is 5.02 Å². The summed E-state index contributed by atoms with van der Waals surface area (Å²) in [4.78, 5) is 13.7. The second-order valence-electron chi connectivity index (χ2n) is 5.64. The number of nitrogens with zero attached hydrogens (tertiary/aromatic N) is 1. The van der Waals surface area contributed by atoms with E-state index in [0.717, 1.165) is 11.1 Å². The maximum atomic E-state index is 12.2. The summed E-state index contributed by atoms with van der Waals surface area (Å²) >= 11 is 17.3. The van der Waals surface area contributed by atoms with Gasteiger partial charge in [-0.3, -0.25) is 9.69 Å². The Labute approximate surface area is 167 Å². The Kier molecular flexibility index (Phi) is 5.81. The van der Waals surface area contributed by atoms with Crippen LogP contribution in [0.2, 0.25) is 10.0 Å². The molecule has 1 amide bonds. The number of nitrogens with one attached hydrogen (secondary N) is 1. The molecule has 26 heavy (non-hydrogen) atoms. The summed E-state index contributed by atoms with van der Waals surface area (Å²) < 4.78 is 5.75. The molecule has 4 nitrogen and oxygen atoms in total. The van der Waals surface area contributed by atoms with Crippen LogP contribution in [0, 0.1) is 0 Å². The van der Waals surface area contributed by atoms with Crippen molar-refractivity contribution in [2.45, 2.75) is 13.5 Å². The van der Waals surface area contributed by atoms with Gasteiger partial charge in [0.15, 0.2) is 5.11 Å². The molecule has 2 aromatic carbocycles. The Hall–Kier alpha value is -2.08. The van der Waals surface area contributed by atoms with Crippen LogP contribution in [0.1, 0.15) is 18.1 Å². The summed E-state index contributed by atoms with van der Waals surface area (Å²) in [7, 11) is 0. The lowest BCUT2D eigenvalue weighted by Crippen LogP contribution is -2.30. The maximum Gasteiger partial charge on any atom is 0.276 e. The standard InChI is InChI=1S/C19H16Cl2N2O2S/c1-2-23-18(24)16(22-19(23)26)10-13-5-8-17(15(21)9-13)25-11-12-3-6-14(20)7-4-12/h3-10H,2,11H2,1H3,(H,22,26)/b16-10-. The quantitative estimate of drug-likeness (QED) is 0.579. The number of rotatable bonds is 5. The third-order valence-corrected chi connectivity index (χ3v) is 4.72. The fourth-order valence-corrected chi connectivity index (χ4v) is 3.18. The number of thiocarbonyl (C=S) groups is 1. The number of hydrogen-bond donors (Lipinski definition) is 1. The second kappa shape index (κ2) is 8.08. The zero-order chi connectivity index (χ0) is 18.7. The first-order valence-electron chi connectivity index (χ1n) is 7.99. The number of carbonyl (C=O) groups excluding carboxylic acids is 1. The maximum absolute atomic E-state index is 12.2. The van der Waals surface area contributed by atoms with Crippen molar-refractivity contribution >= 4 is 52.5 Å². The molecule has 0 unspecified atom stereocenters. The highest BCUT2D eigenvalue weighted by molar-refractivity contribution is 7.80. The van der Waals surface area contributed by atoms with Gasteiger partial charge in [-0.15, -0.1) is 0 Å². The highest BCUT2D eigenvalue weighted by atomic mass is 35.5. The lowest BCUT2D eigenvalue weighted by atomic mass is 10.2. The molecule has 0 aliphatic carbocycles. The number of amides is 1. The molecular weight excluding hydrogens is 391 g/mol. The third kappa shape index (κ3) is 4.18. The topological polar surface area (TPSA) is 41.6 Å². The minimum Gasteiger partial charge on any atom is -0.487 e. The van der Waals surface area contributed by atoms with Gasteiger partial charge in [-0.2, -0.15) is 0 Å². The van der Waals surface area contributed by atoms with Crippen LogP contribution in [0.5, 0.6) is 5.75 Å². The first kappa shape index (κ1) is 18.7. The van der Waals surface area contributed by atoms with Crippen molar-refractivity contribution in [3.05, 3.63) is 69.3 Å². The average Bonchev–Trinajstić information content (AvgIpc) is 2.88. The normalized spacial score (nSPS) is 15.5. The molecule has 1 fully saturated rings. The van der Waals surface area contributed by atoms with E-state index in [2.05, 4.69) is 5.32 Å². The lowest BCUT2D eigenvalue weighted by Gasteiger charge is -2.09.